The summed E-state index contributed by atoms with van der Waals surface area (Å²) in [4.78, 5) is 9.76. The van der Waals surface area contributed by atoms with Crippen molar-refractivity contribution >= 4 is 60.4 Å². The van der Waals surface area contributed by atoms with Gasteiger partial charge >= 0.3 is 71.1 Å². The van der Waals surface area contributed by atoms with Gasteiger partial charge in [-0.25, -0.2) is 0 Å². The van der Waals surface area contributed by atoms with Crippen LogP contribution in [0.4, 0.5) is 0 Å². The van der Waals surface area contributed by atoms with Crippen molar-refractivity contribution in [3.63, 3.8) is 0 Å². The normalized spacial score (nSPS) is 6.50. The Hall–Kier alpha value is 1.56. The van der Waals surface area contributed by atoms with E-state index in [4.69, 9.17) is 11.6 Å². The molecule has 0 aliphatic rings. The molecular formula is C2H4ClKO2. The number of alkyl halides is 1. The monoisotopic (exact) mass is 134 g/mol. The second-order valence-corrected chi connectivity index (χ2v) is 2.84. The Bertz CT molecular complexity index is 46.8. The SMILES string of the molecule is O.O=[C]([K])CCl. The maximum atomic E-state index is 9.76. The maximum absolute atomic E-state index is 9.76. The molecule has 0 saturated carbocycles. The fourth-order valence-electron chi connectivity index (χ4n) is 0. The molecule has 0 unspecified atom stereocenters. The molecule has 0 heterocycles. The first-order valence-electron chi connectivity index (χ1n) is 1.32. The molecule has 0 fully saturated rings. The van der Waals surface area contributed by atoms with Crippen molar-refractivity contribution in [3.8, 4) is 0 Å². The molecule has 32 valence electrons. The van der Waals surface area contributed by atoms with E-state index in [1.54, 1.807) is 0 Å². The Labute approximate surface area is 75.1 Å². The first kappa shape index (κ1) is 10.5. The summed E-state index contributed by atoms with van der Waals surface area (Å²) in [6.45, 7) is 0. The first-order valence-corrected chi connectivity index (χ1v) is 3.42. The Balaban J connectivity index is 0. The van der Waals surface area contributed by atoms with E-state index < -0.39 is 0 Å². The molecule has 0 aliphatic heterocycles. The molecule has 0 amide bonds. The van der Waals surface area contributed by atoms with E-state index in [2.05, 4.69) is 0 Å². The van der Waals surface area contributed by atoms with E-state index >= 15 is 0 Å². The van der Waals surface area contributed by atoms with Gasteiger partial charge < -0.3 is 5.48 Å². The van der Waals surface area contributed by atoms with Crippen molar-refractivity contribution in [1.82, 2.24) is 0 Å². The topological polar surface area (TPSA) is 48.6 Å². The molecule has 0 saturated heterocycles. The Morgan fingerprint density at radius 1 is 1.83 bits per heavy atom. The predicted octanol–water partition coefficient (Wildman–Crippen LogP) is -0.904. The zero-order valence-corrected chi connectivity index (χ0v) is 7.37. The van der Waals surface area contributed by atoms with Gasteiger partial charge in [-0.2, -0.15) is 0 Å². The molecule has 2 N–H and O–H groups in total. The van der Waals surface area contributed by atoms with Crippen molar-refractivity contribution in [3.05, 3.63) is 0 Å². The number of hydrogen-bond donors (Lipinski definition) is 0. The van der Waals surface area contributed by atoms with Crippen LogP contribution in [0.1, 0.15) is 0 Å². The Morgan fingerprint density at radius 2 is 2.00 bits per heavy atom. The van der Waals surface area contributed by atoms with E-state index in [0.717, 1.165) is 0 Å². The molecule has 0 aromatic heterocycles. The first-order chi connectivity index (χ1) is 2.27. The fourth-order valence-corrected chi connectivity index (χ4v) is 0. The van der Waals surface area contributed by atoms with Gasteiger partial charge in [0.15, 0.2) is 0 Å². The van der Waals surface area contributed by atoms with Gasteiger partial charge in [-0.05, 0) is 0 Å². The van der Waals surface area contributed by atoms with Crippen LogP contribution in [0.5, 0.6) is 0 Å². The summed E-state index contributed by atoms with van der Waals surface area (Å²) >= 11 is 5.33. The van der Waals surface area contributed by atoms with E-state index in [0.29, 0.717) is 49.0 Å². The van der Waals surface area contributed by atoms with Crippen LogP contribution in [0.25, 0.3) is 0 Å². The van der Waals surface area contributed by atoms with Gasteiger partial charge in [-0.3, -0.25) is 0 Å². The summed E-state index contributed by atoms with van der Waals surface area (Å²) in [6.07, 6.45) is 0. The van der Waals surface area contributed by atoms with Gasteiger partial charge in [-0.1, -0.05) is 0 Å². The molecular weight excluding hydrogens is 131 g/mol. The third-order valence-corrected chi connectivity index (χ3v) is 1.82. The van der Waals surface area contributed by atoms with Crippen molar-refractivity contribution in [2.45, 2.75) is 0 Å². The van der Waals surface area contributed by atoms with E-state index in [1.165, 1.54) is 0 Å². The van der Waals surface area contributed by atoms with Crippen molar-refractivity contribution < 1.29 is 10.3 Å². The van der Waals surface area contributed by atoms with Crippen LogP contribution >= 0.6 is 11.6 Å². The van der Waals surface area contributed by atoms with Gasteiger partial charge in [0.1, 0.15) is 0 Å². The Kier molecular flexibility index (Phi) is 11.5. The molecule has 0 aromatic carbocycles. The molecule has 4 heteroatoms. The number of carbonyl (C=O) groups excluding carboxylic acids is 1. The summed E-state index contributed by atoms with van der Waals surface area (Å²) in [7, 11) is 0. The number of carbonyl (C=O) groups is 1. The number of rotatable bonds is 1. The molecule has 2 nitrogen and oxygen atoms in total. The molecule has 0 rings (SSSR count). The third-order valence-electron chi connectivity index (χ3n) is 0.188. The summed E-state index contributed by atoms with van der Waals surface area (Å²) in [6, 6.07) is 0. The standard InChI is InChI=1S/C2H2ClO.K.H2O/c3-1-2-4;;/h1H2;;1H2. The van der Waals surface area contributed by atoms with Crippen molar-refractivity contribution in [2.24, 2.45) is 0 Å². The molecule has 6 heavy (non-hydrogen) atoms. The molecule has 0 aromatic rings. The van der Waals surface area contributed by atoms with Gasteiger partial charge in [0.2, 0.25) is 0 Å². The number of hydrogen-bond acceptors (Lipinski definition) is 1. The molecule has 0 aliphatic carbocycles. The minimum atomic E-state index is 0. The van der Waals surface area contributed by atoms with E-state index in [-0.39, 0.29) is 11.2 Å². The van der Waals surface area contributed by atoms with E-state index in [9.17, 15) is 4.79 Å². The minimum absolute atomic E-state index is 0. The third kappa shape index (κ3) is 9.12. The van der Waals surface area contributed by atoms with Crippen LogP contribution in [0, 0.1) is 0 Å². The fraction of sp³-hybridized carbons (Fsp3) is 0.500. The van der Waals surface area contributed by atoms with E-state index in [1.807, 2.05) is 0 Å². The van der Waals surface area contributed by atoms with Crippen LogP contribution in [0.15, 0.2) is 0 Å². The summed E-state index contributed by atoms with van der Waals surface area (Å²) < 4.78 is 0.208. The summed E-state index contributed by atoms with van der Waals surface area (Å²) in [5.41, 5.74) is 0. The Morgan fingerprint density at radius 3 is 2.00 bits per heavy atom. The molecule has 0 spiro atoms. The number of halogens is 1. The van der Waals surface area contributed by atoms with Crippen LogP contribution in [0.2, 0.25) is 0 Å². The second kappa shape index (κ2) is 6.56. The van der Waals surface area contributed by atoms with Crippen molar-refractivity contribution in [2.75, 3.05) is 5.88 Å². The zero-order chi connectivity index (χ0) is 4.28. The predicted molar refractivity (Wildman–Crippen MR) is 25.1 cm³/mol. The second-order valence-electron chi connectivity index (χ2n) is 0.836. The van der Waals surface area contributed by atoms with Crippen LogP contribution in [0.3, 0.4) is 0 Å². The van der Waals surface area contributed by atoms with Gasteiger partial charge in [0, 0.05) is 0 Å². The van der Waals surface area contributed by atoms with Crippen LogP contribution < -0.4 is 0 Å². The molecule has 0 atom stereocenters. The zero-order valence-electron chi connectivity index (χ0n) is 3.49. The average Bonchev–Trinajstić information content (AvgIpc) is 1.38. The van der Waals surface area contributed by atoms with Gasteiger partial charge in [0.05, 0.1) is 0 Å². The van der Waals surface area contributed by atoms with Crippen LogP contribution in [-0.2, 0) is 4.79 Å². The molecule has 0 bridgehead atoms. The van der Waals surface area contributed by atoms with Gasteiger partial charge in [0.25, 0.3) is 0 Å². The average molecular weight is 135 g/mol. The summed E-state index contributed by atoms with van der Waals surface area (Å²) in [5, 5.41) is 0. The van der Waals surface area contributed by atoms with Crippen LogP contribution in [-0.4, -0.2) is 60.2 Å². The van der Waals surface area contributed by atoms with Crippen molar-refractivity contribution in [1.29, 1.82) is 0 Å². The molecule has 0 radical (unpaired) electrons. The van der Waals surface area contributed by atoms with Gasteiger partial charge in [-0.15, -0.1) is 0 Å². The summed E-state index contributed by atoms with van der Waals surface area (Å²) in [5.74, 6) is 0.222. The quantitative estimate of drug-likeness (QED) is 0.339.